The Labute approximate surface area is 124 Å². The monoisotopic (exact) mass is 337 g/mol. The number of nitrogens with one attached hydrogen (secondary N) is 1. The van der Waals surface area contributed by atoms with Gasteiger partial charge in [0.05, 0.1) is 11.3 Å². The number of halogens is 2. The first-order valence-corrected chi connectivity index (χ1v) is 7.81. The average Bonchev–Trinajstić information content (AvgIpc) is 2.56. The highest BCUT2D eigenvalue weighted by atomic mass is 35.5. The lowest BCUT2D eigenvalue weighted by Crippen LogP contribution is -2.08. The quantitative estimate of drug-likeness (QED) is 0.799. The van der Waals surface area contributed by atoms with Gasteiger partial charge in [0.1, 0.15) is 0 Å². The first-order chi connectivity index (χ1) is 9.19. The molecule has 6 nitrogen and oxygen atoms in total. The molecule has 0 atom stereocenters. The molecule has 2 rings (SSSR count). The third-order valence-corrected chi connectivity index (χ3v) is 3.42. The maximum atomic E-state index is 11.1. The minimum Gasteiger partial charge on any atom is -0.502 e. The number of hydrogen-bond acceptors (Lipinski definition) is 5. The Kier molecular flexibility index (Phi) is 3.77. The minimum absolute atomic E-state index is 0.171. The normalized spacial score (nSPS) is 11.6. The van der Waals surface area contributed by atoms with Crippen molar-refractivity contribution in [2.75, 3.05) is 11.0 Å². The van der Waals surface area contributed by atoms with Gasteiger partial charge in [-0.05, 0) is 18.2 Å². The van der Waals surface area contributed by atoms with Crippen LogP contribution < -0.4 is 4.72 Å². The van der Waals surface area contributed by atoms with Gasteiger partial charge in [-0.15, -0.1) is 0 Å². The van der Waals surface area contributed by atoms with Crippen molar-refractivity contribution in [1.29, 1.82) is 0 Å². The molecule has 0 aliphatic heterocycles. The Morgan fingerprint density at radius 2 is 1.85 bits per heavy atom. The van der Waals surface area contributed by atoms with Crippen molar-refractivity contribution in [1.82, 2.24) is 0 Å². The van der Waals surface area contributed by atoms with Gasteiger partial charge >= 0.3 is 0 Å². The van der Waals surface area contributed by atoms with E-state index in [2.05, 4.69) is 0 Å². The molecule has 0 radical (unpaired) electrons. The zero-order valence-corrected chi connectivity index (χ0v) is 12.3. The average molecular weight is 338 g/mol. The molecule has 0 spiro atoms. The molecule has 0 aliphatic rings. The first-order valence-electron chi connectivity index (χ1n) is 5.17. The molecule has 108 valence electrons. The van der Waals surface area contributed by atoms with Gasteiger partial charge in [-0.3, -0.25) is 4.72 Å². The van der Waals surface area contributed by atoms with E-state index in [0.29, 0.717) is 5.02 Å². The van der Waals surface area contributed by atoms with Crippen LogP contribution in [-0.2, 0) is 10.0 Å². The molecular weight excluding hydrogens is 329 g/mol. The summed E-state index contributed by atoms with van der Waals surface area (Å²) >= 11 is 11.7. The maximum absolute atomic E-state index is 11.1. The lowest BCUT2D eigenvalue weighted by Gasteiger charge is -2.02. The Balaban J connectivity index is 2.56. The number of rotatable bonds is 3. The zero-order valence-electron chi connectivity index (χ0n) is 10.0. The molecule has 0 saturated carbocycles. The molecule has 2 aromatic rings. The highest BCUT2D eigenvalue weighted by Gasteiger charge is 2.24. The van der Waals surface area contributed by atoms with Crippen LogP contribution >= 0.6 is 23.2 Å². The van der Waals surface area contributed by atoms with Crippen LogP contribution in [0.4, 0.5) is 5.88 Å². The van der Waals surface area contributed by atoms with Crippen LogP contribution in [0.3, 0.4) is 0 Å². The lowest BCUT2D eigenvalue weighted by molar-refractivity contribution is 0.410. The van der Waals surface area contributed by atoms with Crippen molar-refractivity contribution < 1.29 is 23.0 Å². The van der Waals surface area contributed by atoms with E-state index in [4.69, 9.17) is 27.6 Å². The van der Waals surface area contributed by atoms with Gasteiger partial charge in [-0.25, -0.2) is 8.42 Å². The third-order valence-electron chi connectivity index (χ3n) is 2.31. The standard InChI is InChI=1S/C11H9Cl2NO5S/c1-20(17,18)14-11-9(16)8(15)10(19-11)6-3-2-5(12)4-7(6)13/h2-4,14-16H,1H3. The summed E-state index contributed by atoms with van der Waals surface area (Å²) in [5.74, 6) is -2.02. The van der Waals surface area contributed by atoms with Gasteiger partial charge in [0.25, 0.3) is 5.88 Å². The molecule has 0 aliphatic carbocycles. The number of sulfonamides is 1. The largest absolute Gasteiger partial charge is 0.502 e. The van der Waals surface area contributed by atoms with Gasteiger partial charge in [-0.2, -0.15) is 0 Å². The fourth-order valence-electron chi connectivity index (χ4n) is 1.51. The molecule has 0 fully saturated rings. The fraction of sp³-hybridized carbons (Fsp3) is 0.0909. The van der Waals surface area contributed by atoms with Crippen molar-refractivity contribution in [3.63, 3.8) is 0 Å². The topological polar surface area (TPSA) is 99.8 Å². The van der Waals surface area contributed by atoms with Gasteiger partial charge in [-0.1, -0.05) is 23.2 Å². The summed E-state index contributed by atoms with van der Waals surface area (Å²) < 4.78 is 29.3. The molecule has 20 heavy (non-hydrogen) atoms. The Morgan fingerprint density at radius 3 is 2.40 bits per heavy atom. The molecule has 1 heterocycles. The van der Waals surface area contributed by atoms with E-state index < -0.39 is 27.4 Å². The number of furan rings is 1. The van der Waals surface area contributed by atoms with Crippen molar-refractivity contribution in [2.24, 2.45) is 0 Å². The Hall–Kier alpha value is -1.57. The van der Waals surface area contributed by atoms with Crippen LogP contribution in [0, 0.1) is 0 Å². The van der Waals surface area contributed by atoms with Crippen LogP contribution in [0.5, 0.6) is 11.5 Å². The second kappa shape index (κ2) is 5.08. The highest BCUT2D eigenvalue weighted by Crippen LogP contribution is 2.47. The molecule has 0 unspecified atom stereocenters. The van der Waals surface area contributed by atoms with Crippen LogP contribution in [0.15, 0.2) is 22.6 Å². The van der Waals surface area contributed by atoms with E-state index in [1.807, 2.05) is 4.72 Å². The SMILES string of the molecule is CS(=O)(=O)Nc1oc(-c2ccc(Cl)cc2Cl)c(O)c1O. The summed E-state index contributed by atoms with van der Waals surface area (Å²) in [4.78, 5) is 0. The fourth-order valence-corrected chi connectivity index (χ4v) is 2.48. The minimum atomic E-state index is -3.67. The lowest BCUT2D eigenvalue weighted by atomic mass is 10.1. The zero-order chi connectivity index (χ0) is 15.1. The smallest absolute Gasteiger partial charge is 0.253 e. The number of benzene rings is 1. The number of aromatic hydroxyl groups is 2. The second-order valence-electron chi connectivity index (χ2n) is 3.96. The molecular formula is C11H9Cl2NO5S. The van der Waals surface area contributed by atoms with E-state index in [1.165, 1.54) is 18.2 Å². The molecule has 1 aromatic heterocycles. The summed E-state index contributed by atoms with van der Waals surface area (Å²) in [5, 5.41) is 20.0. The van der Waals surface area contributed by atoms with Crippen molar-refractivity contribution >= 4 is 39.1 Å². The predicted molar refractivity (Wildman–Crippen MR) is 76.0 cm³/mol. The molecule has 0 bridgehead atoms. The van der Waals surface area contributed by atoms with Crippen molar-refractivity contribution in [2.45, 2.75) is 0 Å². The van der Waals surface area contributed by atoms with Crippen LogP contribution in [0.25, 0.3) is 11.3 Å². The van der Waals surface area contributed by atoms with Gasteiger partial charge in [0.2, 0.25) is 21.5 Å². The van der Waals surface area contributed by atoms with Crippen molar-refractivity contribution in [3.05, 3.63) is 28.2 Å². The summed E-state index contributed by atoms with van der Waals surface area (Å²) in [6.07, 6.45) is 0.876. The number of hydrogen-bond donors (Lipinski definition) is 3. The predicted octanol–water partition coefficient (Wildman–Crippen LogP) is 3.04. The highest BCUT2D eigenvalue weighted by molar-refractivity contribution is 7.92. The summed E-state index contributed by atoms with van der Waals surface area (Å²) in [7, 11) is -3.67. The van der Waals surface area contributed by atoms with Crippen molar-refractivity contribution in [3.8, 4) is 22.8 Å². The van der Waals surface area contributed by atoms with Gasteiger partial charge in [0, 0.05) is 10.6 Å². The van der Waals surface area contributed by atoms with E-state index in [-0.39, 0.29) is 16.3 Å². The number of anilines is 1. The van der Waals surface area contributed by atoms with E-state index in [9.17, 15) is 18.6 Å². The molecule has 0 saturated heterocycles. The summed E-state index contributed by atoms with van der Waals surface area (Å²) in [6, 6.07) is 4.39. The van der Waals surface area contributed by atoms with E-state index in [1.54, 1.807) is 0 Å². The molecule has 0 amide bonds. The maximum Gasteiger partial charge on any atom is 0.253 e. The third kappa shape index (κ3) is 2.95. The van der Waals surface area contributed by atoms with E-state index in [0.717, 1.165) is 6.26 Å². The molecule has 9 heteroatoms. The Bertz CT molecular complexity index is 769. The Morgan fingerprint density at radius 1 is 1.20 bits per heavy atom. The van der Waals surface area contributed by atoms with Gasteiger partial charge in [0.15, 0.2) is 5.76 Å². The summed E-state index contributed by atoms with van der Waals surface area (Å²) in [5.41, 5.74) is 0.255. The van der Waals surface area contributed by atoms with Gasteiger partial charge < -0.3 is 14.6 Å². The van der Waals surface area contributed by atoms with Crippen LogP contribution in [-0.4, -0.2) is 24.9 Å². The summed E-state index contributed by atoms with van der Waals surface area (Å²) in [6.45, 7) is 0. The first kappa shape index (κ1) is 14.8. The van der Waals surface area contributed by atoms with Crippen LogP contribution in [0.2, 0.25) is 10.0 Å². The molecule has 3 N–H and O–H groups in total. The molecule has 1 aromatic carbocycles. The van der Waals surface area contributed by atoms with Crippen LogP contribution in [0.1, 0.15) is 0 Å². The second-order valence-corrected chi connectivity index (χ2v) is 6.55. The van der Waals surface area contributed by atoms with E-state index >= 15 is 0 Å².